The molecule has 6 heteroatoms. The third kappa shape index (κ3) is 6.77. The molecule has 1 saturated carbocycles. The van der Waals surface area contributed by atoms with Gasteiger partial charge in [-0.05, 0) is 58.3 Å². The van der Waals surface area contributed by atoms with Gasteiger partial charge >= 0.3 is 6.09 Å². The fourth-order valence-corrected chi connectivity index (χ4v) is 2.84. The van der Waals surface area contributed by atoms with Gasteiger partial charge in [-0.2, -0.15) is 5.26 Å². The lowest BCUT2D eigenvalue weighted by atomic mass is 9.87. The highest BCUT2D eigenvalue weighted by Crippen LogP contribution is 2.29. The van der Waals surface area contributed by atoms with Gasteiger partial charge in [0.15, 0.2) is 0 Å². The van der Waals surface area contributed by atoms with E-state index in [4.69, 9.17) is 4.74 Å². The van der Waals surface area contributed by atoms with E-state index in [-0.39, 0.29) is 11.3 Å². The predicted molar refractivity (Wildman–Crippen MR) is 92.2 cm³/mol. The molecule has 1 aliphatic carbocycles. The minimum atomic E-state index is -0.803. The van der Waals surface area contributed by atoms with Crippen molar-refractivity contribution in [3.63, 3.8) is 0 Å². The number of nitrogens with zero attached hydrogens (tertiary/aromatic N) is 1. The van der Waals surface area contributed by atoms with Crippen molar-refractivity contribution in [2.24, 2.45) is 5.41 Å². The van der Waals surface area contributed by atoms with Gasteiger partial charge in [0.25, 0.3) is 0 Å². The summed E-state index contributed by atoms with van der Waals surface area (Å²) in [4.78, 5) is 24.8. The molecule has 0 aromatic heterocycles. The summed E-state index contributed by atoms with van der Waals surface area (Å²) in [7, 11) is 0. The molecule has 6 nitrogen and oxygen atoms in total. The molecule has 0 aliphatic heterocycles. The largest absolute Gasteiger partial charge is 0.444 e. The van der Waals surface area contributed by atoms with Crippen LogP contribution in [-0.2, 0) is 9.53 Å². The van der Waals surface area contributed by atoms with Gasteiger partial charge in [0.1, 0.15) is 17.2 Å². The zero-order valence-corrected chi connectivity index (χ0v) is 15.8. The first-order valence-electron chi connectivity index (χ1n) is 8.59. The number of carbonyl (C=O) groups excluding carboxylic acids is 2. The van der Waals surface area contributed by atoms with E-state index in [1.807, 2.05) is 20.8 Å². The fourth-order valence-electron chi connectivity index (χ4n) is 2.84. The molecule has 0 spiro atoms. The monoisotopic (exact) mass is 337 g/mol. The lowest BCUT2D eigenvalue weighted by Gasteiger charge is -2.30. The second kappa shape index (κ2) is 7.42. The summed E-state index contributed by atoms with van der Waals surface area (Å²) in [6.45, 7) is 11.3. The maximum atomic E-state index is 12.7. The van der Waals surface area contributed by atoms with Crippen LogP contribution in [0.5, 0.6) is 0 Å². The summed E-state index contributed by atoms with van der Waals surface area (Å²) in [5, 5.41) is 15.0. The molecule has 1 atom stereocenters. The Bertz CT molecular complexity index is 503. The number of hydrogen-bond acceptors (Lipinski definition) is 4. The Kier molecular flexibility index (Phi) is 6.26. The van der Waals surface area contributed by atoms with Crippen molar-refractivity contribution >= 4 is 12.0 Å². The van der Waals surface area contributed by atoms with Gasteiger partial charge in [0.05, 0.1) is 6.07 Å². The number of hydrogen-bond donors (Lipinski definition) is 2. The van der Waals surface area contributed by atoms with Crippen LogP contribution in [0.2, 0.25) is 0 Å². The molecule has 1 aliphatic rings. The zero-order valence-electron chi connectivity index (χ0n) is 15.8. The van der Waals surface area contributed by atoms with Crippen molar-refractivity contribution in [2.45, 2.75) is 90.8 Å². The molecular weight excluding hydrogens is 306 g/mol. The Morgan fingerprint density at radius 3 is 2.12 bits per heavy atom. The summed E-state index contributed by atoms with van der Waals surface area (Å²) >= 11 is 0. The Morgan fingerprint density at radius 1 is 1.17 bits per heavy atom. The van der Waals surface area contributed by atoms with E-state index in [9.17, 15) is 14.9 Å². The highest BCUT2D eigenvalue weighted by Gasteiger charge is 2.38. The molecule has 24 heavy (non-hydrogen) atoms. The van der Waals surface area contributed by atoms with Crippen molar-refractivity contribution in [1.29, 1.82) is 5.26 Å². The van der Waals surface area contributed by atoms with Gasteiger partial charge in [-0.1, -0.05) is 20.8 Å². The molecule has 0 radical (unpaired) electrons. The molecule has 1 fully saturated rings. The van der Waals surface area contributed by atoms with Gasteiger partial charge in [0.2, 0.25) is 5.91 Å². The molecule has 1 unspecified atom stereocenters. The molecule has 1 rings (SSSR count). The highest BCUT2D eigenvalue weighted by molar-refractivity contribution is 5.86. The SMILES string of the molecule is CC(C)(C)CC(NC(=O)OC(C)(C)C)C(=O)NC1(C#N)CCCC1. The number of ether oxygens (including phenoxy) is 1. The Balaban J connectivity index is 2.83. The molecule has 2 N–H and O–H groups in total. The summed E-state index contributed by atoms with van der Waals surface area (Å²) < 4.78 is 5.26. The lowest BCUT2D eigenvalue weighted by Crippen LogP contribution is -2.55. The predicted octanol–water partition coefficient (Wildman–Crippen LogP) is 3.27. The highest BCUT2D eigenvalue weighted by atomic mass is 16.6. The molecule has 0 heterocycles. The van der Waals surface area contributed by atoms with Crippen LogP contribution in [0.1, 0.15) is 73.6 Å². The molecular formula is C18H31N3O3. The number of nitrogens with one attached hydrogen (secondary N) is 2. The van der Waals surface area contributed by atoms with E-state index >= 15 is 0 Å². The first-order valence-corrected chi connectivity index (χ1v) is 8.59. The third-order valence-corrected chi connectivity index (χ3v) is 3.86. The van der Waals surface area contributed by atoms with E-state index in [0.29, 0.717) is 19.3 Å². The fraction of sp³-hybridized carbons (Fsp3) is 0.833. The number of nitriles is 1. The topological polar surface area (TPSA) is 91.2 Å². The van der Waals surface area contributed by atoms with E-state index in [0.717, 1.165) is 12.8 Å². The van der Waals surface area contributed by atoms with E-state index in [2.05, 4.69) is 16.7 Å². The maximum absolute atomic E-state index is 12.7. The number of amides is 2. The van der Waals surface area contributed by atoms with Gasteiger partial charge in [-0.3, -0.25) is 4.79 Å². The first kappa shape index (κ1) is 20.3. The second-order valence-corrected chi connectivity index (χ2v) is 8.85. The summed E-state index contributed by atoms with van der Waals surface area (Å²) in [5.41, 5.74) is -1.60. The van der Waals surface area contributed by atoms with Crippen LogP contribution in [0.15, 0.2) is 0 Å². The second-order valence-electron chi connectivity index (χ2n) is 8.85. The smallest absolute Gasteiger partial charge is 0.408 e. The molecule has 0 saturated heterocycles. The van der Waals surface area contributed by atoms with Gasteiger partial charge in [-0.15, -0.1) is 0 Å². The molecule has 0 aromatic carbocycles. The number of alkyl carbamates (subject to hydrolysis) is 1. The van der Waals surface area contributed by atoms with Crippen LogP contribution in [0.4, 0.5) is 4.79 Å². The van der Waals surface area contributed by atoms with Gasteiger partial charge < -0.3 is 15.4 Å². The van der Waals surface area contributed by atoms with Crippen LogP contribution in [0.3, 0.4) is 0 Å². The van der Waals surface area contributed by atoms with Crippen molar-refractivity contribution in [2.75, 3.05) is 0 Å². The van der Waals surface area contributed by atoms with Crippen LogP contribution in [-0.4, -0.2) is 29.2 Å². The zero-order chi connectivity index (χ0) is 18.6. The Labute approximate surface area is 145 Å². The molecule has 136 valence electrons. The number of rotatable bonds is 4. The molecule has 0 bridgehead atoms. The van der Waals surface area contributed by atoms with E-state index in [1.54, 1.807) is 20.8 Å². The van der Waals surface area contributed by atoms with Crippen LogP contribution in [0.25, 0.3) is 0 Å². The average Bonchev–Trinajstić information content (AvgIpc) is 2.83. The van der Waals surface area contributed by atoms with Crippen LogP contribution < -0.4 is 10.6 Å². The van der Waals surface area contributed by atoms with Gasteiger partial charge in [-0.25, -0.2) is 4.79 Å². The van der Waals surface area contributed by atoms with Crippen LogP contribution in [0, 0.1) is 16.7 Å². The van der Waals surface area contributed by atoms with Crippen molar-refractivity contribution in [1.82, 2.24) is 10.6 Å². The maximum Gasteiger partial charge on any atom is 0.408 e. The lowest BCUT2D eigenvalue weighted by molar-refractivity contribution is -0.125. The van der Waals surface area contributed by atoms with Crippen LogP contribution >= 0.6 is 0 Å². The summed E-state index contributed by atoms with van der Waals surface area (Å²) in [6.07, 6.45) is 3.01. The normalized spacial score (nSPS) is 18.4. The first-order chi connectivity index (χ1) is 10.9. The minimum absolute atomic E-state index is 0.160. The minimum Gasteiger partial charge on any atom is -0.444 e. The van der Waals surface area contributed by atoms with E-state index < -0.39 is 23.3 Å². The quantitative estimate of drug-likeness (QED) is 0.823. The number of carbonyl (C=O) groups is 2. The molecule has 2 amide bonds. The van der Waals surface area contributed by atoms with Crippen molar-refractivity contribution in [3.8, 4) is 6.07 Å². The summed E-state index contributed by atoms with van der Waals surface area (Å²) in [5.74, 6) is -0.320. The third-order valence-electron chi connectivity index (χ3n) is 3.86. The average molecular weight is 337 g/mol. The van der Waals surface area contributed by atoms with Crippen molar-refractivity contribution in [3.05, 3.63) is 0 Å². The standard InChI is InChI=1S/C18H31N3O3/c1-16(2,3)11-13(20-15(23)24-17(4,5)6)14(22)21-18(12-19)9-7-8-10-18/h13H,7-11H2,1-6H3,(H,20,23)(H,21,22). The van der Waals surface area contributed by atoms with E-state index in [1.165, 1.54) is 0 Å². The molecule has 0 aromatic rings. The van der Waals surface area contributed by atoms with Gasteiger partial charge in [0, 0.05) is 0 Å². The Morgan fingerprint density at radius 2 is 1.71 bits per heavy atom. The Hall–Kier alpha value is -1.77. The summed E-state index contributed by atoms with van der Waals surface area (Å²) in [6, 6.07) is 1.51. The van der Waals surface area contributed by atoms with Crippen molar-refractivity contribution < 1.29 is 14.3 Å².